The van der Waals surface area contributed by atoms with Crippen molar-refractivity contribution < 1.29 is 14.2 Å². The van der Waals surface area contributed by atoms with E-state index in [2.05, 4.69) is 12.1 Å². The van der Waals surface area contributed by atoms with Gasteiger partial charge in [-0.15, -0.1) is 0 Å². The molecule has 0 fully saturated rings. The van der Waals surface area contributed by atoms with Gasteiger partial charge in [-0.2, -0.15) is 0 Å². The first-order valence-corrected chi connectivity index (χ1v) is 7.10. The fraction of sp³-hybridized carbons (Fsp3) is 0.538. The van der Waals surface area contributed by atoms with Crippen LogP contribution >= 0.6 is 0 Å². The van der Waals surface area contributed by atoms with Crippen molar-refractivity contribution in [2.45, 2.75) is 26.7 Å². The zero-order chi connectivity index (χ0) is 12.5. The minimum absolute atomic E-state index is 0.122. The third kappa shape index (κ3) is 5.34. The van der Waals surface area contributed by atoms with Crippen molar-refractivity contribution in [1.29, 1.82) is 0 Å². The van der Waals surface area contributed by atoms with E-state index in [-0.39, 0.29) is 5.91 Å². The Morgan fingerprint density at radius 1 is 0.941 bits per heavy atom. The third-order valence-corrected chi connectivity index (χ3v) is 3.32. The second-order valence-electron chi connectivity index (χ2n) is 3.34. The van der Waals surface area contributed by atoms with Crippen LogP contribution in [0.15, 0.2) is 24.3 Å². The number of benzene rings is 1. The van der Waals surface area contributed by atoms with Gasteiger partial charge in [0.15, 0.2) is 9.52 Å². The molecule has 0 heterocycles. The highest BCUT2D eigenvalue weighted by atomic mass is 28.2. The maximum atomic E-state index is 5.52. The molecule has 0 aliphatic carbocycles. The molecule has 0 atom stereocenters. The van der Waals surface area contributed by atoms with Gasteiger partial charge in [-0.05, 0) is 32.9 Å². The highest BCUT2D eigenvalue weighted by Gasteiger charge is 2.10. The fourth-order valence-electron chi connectivity index (χ4n) is 1.38. The molecule has 0 bridgehead atoms. The van der Waals surface area contributed by atoms with Crippen LogP contribution in [0, 0.1) is 0 Å². The molecular weight excluding hydrogens is 232 g/mol. The summed E-state index contributed by atoms with van der Waals surface area (Å²) in [5, 5.41) is 1.22. The minimum Gasteiger partial charge on any atom is -0.494 e. The van der Waals surface area contributed by atoms with Crippen molar-refractivity contribution >= 4 is 14.7 Å². The monoisotopic (exact) mass is 252 g/mol. The first-order chi connectivity index (χ1) is 8.30. The Morgan fingerprint density at radius 3 is 2.00 bits per heavy atom. The standard InChI is InChI=1S/C13H20O3Si/c1-4-14-11-7-9-12(10-8-11)17-13(15-5-2)16-6-3/h7-10,13H,4-6H2,1-3H3. The molecule has 4 heteroatoms. The van der Waals surface area contributed by atoms with E-state index in [9.17, 15) is 0 Å². The Hall–Kier alpha value is -0.843. The van der Waals surface area contributed by atoms with Gasteiger partial charge in [-0.25, -0.2) is 0 Å². The quantitative estimate of drug-likeness (QED) is 0.521. The summed E-state index contributed by atoms with van der Waals surface area (Å²) in [7, 11) is 0.508. The summed E-state index contributed by atoms with van der Waals surface area (Å²) in [6.45, 7) is 7.99. The summed E-state index contributed by atoms with van der Waals surface area (Å²) >= 11 is 0. The second kappa shape index (κ2) is 8.28. The highest BCUT2D eigenvalue weighted by Crippen LogP contribution is 2.07. The molecule has 0 aliphatic rings. The first-order valence-electron chi connectivity index (χ1n) is 6.02. The average molecular weight is 252 g/mol. The summed E-state index contributed by atoms with van der Waals surface area (Å²) in [6.07, 6.45) is 0. The molecule has 1 aromatic carbocycles. The van der Waals surface area contributed by atoms with Gasteiger partial charge in [-0.3, -0.25) is 0 Å². The normalized spacial score (nSPS) is 10.8. The van der Waals surface area contributed by atoms with E-state index in [0.717, 1.165) is 5.75 Å². The fourth-order valence-corrected chi connectivity index (χ4v) is 2.52. The Kier molecular flexibility index (Phi) is 6.92. The largest absolute Gasteiger partial charge is 0.494 e. The van der Waals surface area contributed by atoms with Crippen LogP contribution < -0.4 is 9.92 Å². The van der Waals surface area contributed by atoms with Crippen molar-refractivity contribution in [1.82, 2.24) is 0 Å². The van der Waals surface area contributed by atoms with Crippen LogP contribution in [0.1, 0.15) is 20.8 Å². The zero-order valence-corrected chi connectivity index (χ0v) is 11.7. The van der Waals surface area contributed by atoms with Gasteiger partial charge >= 0.3 is 0 Å². The maximum Gasteiger partial charge on any atom is 0.157 e. The molecule has 0 saturated heterocycles. The van der Waals surface area contributed by atoms with Gasteiger partial charge in [0.1, 0.15) is 11.7 Å². The van der Waals surface area contributed by atoms with E-state index in [1.807, 2.05) is 32.9 Å². The van der Waals surface area contributed by atoms with E-state index in [1.165, 1.54) is 5.19 Å². The number of ether oxygens (including phenoxy) is 3. The Morgan fingerprint density at radius 2 is 1.53 bits per heavy atom. The predicted octanol–water partition coefficient (Wildman–Crippen LogP) is 1.77. The number of hydrogen-bond donors (Lipinski definition) is 0. The molecule has 0 saturated carbocycles. The smallest absolute Gasteiger partial charge is 0.157 e. The third-order valence-electron chi connectivity index (χ3n) is 2.09. The van der Waals surface area contributed by atoms with Gasteiger partial charge in [-0.1, -0.05) is 17.3 Å². The molecule has 94 valence electrons. The van der Waals surface area contributed by atoms with Crippen LogP contribution in [0.5, 0.6) is 5.75 Å². The Balaban J connectivity index is 2.53. The predicted molar refractivity (Wildman–Crippen MR) is 70.0 cm³/mol. The van der Waals surface area contributed by atoms with Gasteiger partial charge in [0.2, 0.25) is 0 Å². The van der Waals surface area contributed by atoms with Gasteiger partial charge in [0.25, 0.3) is 0 Å². The van der Waals surface area contributed by atoms with Gasteiger partial charge in [0.05, 0.1) is 6.61 Å². The van der Waals surface area contributed by atoms with E-state index >= 15 is 0 Å². The lowest BCUT2D eigenvalue weighted by Crippen LogP contribution is -2.32. The molecule has 0 unspecified atom stereocenters. The number of hydrogen-bond acceptors (Lipinski definition) is 3. The van der Waals surface area contributed by atoms with E-state index in [4.69, 9.17) is 14.2 Å². The molecule has 1 aromatic rings. The van der Waals surface area contributed by atoms with Crippen LogP contribution in [0.25, 0.3) is 0 Å². The molecule has 17 heavy (non-hydrogen) atoms. The Labute approximate surface area is 106 Å². The molecule has 2 radical (unpaired) electrons. The molecule has 3 nitrogen and oxygen atoms in total. The van der Waals surface area contributed by atoms with Crippen LogP contribution in [-0.4, -0.2) is 35.3 Å². The van der Waals surface area contributed by atoms with E-state index in [1.54, 1.807) is 0 Å². The lowest BCUT2D eigenvalue weighted by atomic mass is 10.3. The van der Waals surface area contributed by atoms with Crippen LogP contribution in [-0.2, 0) is 9.47 Å². The van der Waals surface area contributed by atoms with Crippen LogP contribution in [0.4, 0.5) is 0 Å². The van der Waals surface area contributed by atoms with Crippen molar-refractivity contribution in [2.75, 3.05) is 19.8 Å². The van der Waals surface area contributed by atoms with Crippen molar-refractivity contribution in [3.8, 4) is 5.75 Å². The van der Waals surface area contributed by atoms with Crippen LogP contribution in [0.2, 0.25) is 0 Å². The lowest BCUT2D eigenvalue weighted by molar-refractivity contribution is -0.0817. The maximum absolute atomic E-state index is 5.52. The summed E-state index contributed by atoms with van der Waals surface area (Å²) in [6, 6.07) is 8.10. The van der Waals surface area contributed by atoms with Gasteiger partial charge in [0, 0.05) is 13.2 Å². The number of rotatable bonds is 8. The molecule has 0 aromatic heterocycles. The molecular formula is C13H20O3Si. The second-order valence-corrected chi connectivity index (χ2v) is 4.68. The van der Waals surface area contributed by atoms with E-state index in [0.29, 0.717) is 29.3 Å². The topological polar surface area (TPSA) is 27.7 Å². The highest BCUT2D eigenvalue weighted by molar-refractivity contribution is 6.54. The lowest BCUT2D eigenvalue weighted by Gasteiger charge is -2.16. The molecule has 1 rings (SSSR count). The Bertz CT molecular complexity index is 294. The summed E-state index contributed by atoms with van der Waals surface area (Å²) < 4.78 is 16.4. The summed E-state index contributed by atoms with van der Waals surface area (Å²) in [4.78, 5) is 0. The minimum atomic E-state index is -0.122. The first kappa shape index (κ1) is 14.2. The average Bonchev–Trinajstić information content (AvgIpc) is 2.33. The van der Waals surface area contributed by atoms with E-state index < -0.39 is 0 Å². The summed E-state index contributed by atoms with van der Waals surface area (Å²) in [5.74, 6) is 0.786. The SMILES string of the molecule is CCOc1ccc([Si]C(OCC)OCC)cc1. The molecule has 0 N–H and O–H groups in total. The zero-order valence-electron chi connectivity index (χ0n) is 10.7. The van der Waals surface area contributed by atoms with Crippen molar-refractivity contribution in [3.63, 3.8) is 0 Å². The van der Waals surface area contributed by atoms with Crippen molar-refractivity contribution in [3.05, 3.63) is 24.3 Å². The molecule has 0 amide bonds. The molecule has 0 aliphatic heterocycles. The van der Waals surface area contributed by atoms with Gasteiger partial charge < -0.3 is 14.2 Å². The van der Waals surface area contributed by atoms with Crippen molar-refractivity contribution in [2.24, 2.45) is 0 Å². The summed E-state index contributed by atoms with van der Waals surface area (Å²) in [5.41, 5.74) is 0. The molecule has 0 spiro atoms. The van der Waals surface area contributed by atoms with Crippen LogP contribution in [0.3, 0.4) is 0 Å².